The molecule has 0 aromatic heterocycles. The van der Waals surface area contributed by atoms with Crippen molar-refractivity contribution in [3.05, 3.63) is 23.3 Å². The highest BCUT2D eigenvalue weighted by molar-refractivity contribution is 5.08. The van der Waals surface area contributed by atoms with Crippen LogP contribution in [-0.2, 0) is 0 Å². The zero-order valence-corrected chi connectivity index (χ0v) is 9.42. The van der Waals surface area contributed by atoms with Crippen molar-refractivity contribution in [2.24, 2.45) is 5.92 Å². The van der Waals surface area contributed by atoms with Crippen molar-refractivity contribution >= 4 is 0 Å². The molecule has 0 heterocycles. The fourth-order valence-corrected chi connectivity index (χ4v) is 1.99. The molecule has 0 aromatic carbocycles. The van der Waals surface area contributed by atoms with E-state index in [9.17, 15) is 0 Å². The lowest BCUT2D eigenvalue weighted by atomic mass is 9.87. The van der Waals surface area contributed by atoms with E-state index in [-0.39, 0.29) is 0 Å². The van der Waals surface area contributed by atoms with Gasteiger partial charge in [-0.3, -0.25) is 0 Å². The molecule has 0 saturated heterocycles. The minimum Gasteiger partial charge on any atom is -0.396 e. The molecule has 1 N–H and O–H groups in total. The summed E-state index contributed by atoms with van der Waals surface area (Å²) in [6, 6.07) is 0. The number of allylic oxidation sites excluding steroid dienone is 4. The van der Waals surface area contributed by atoms with Crippen molar-refractivity contribution in [1.29, 1.82) is 0 Å². The summed E-state index contributed by atoms with van der Waals surface area (Å²) in [6.45, 7) is 4.65. The Morgan fingerprint density at radius 3 is 3.00 bits per heavy atom. The van der Waals surface area contributed by atoms with E-state index in [1.807, 2.05) is 0 Å². The summed E-state index contributed by atoms with van der Waals surface area (Å²) in [4.78, 5) is 0. The second kappa shape index (κ2) is 6.02. The predicted molar refractivity (Wildman–Crippen MR) is 61.2 cm³/mol. The fourth-order valence-electron chi connectivity index (χ4n) is 1.99. The summed E-state index contributed by atoms with van der Waals surface area (Å²) in [5.74, 6) is 0.529. The molecular weight excluding hydrogens is 172 g/mol. The Hall–Kier alpha value is -0.560. The number of hydrogen-bond donors (Lipinski definition) is 1. The van der Waals surface area contributed by atoms with Crippen LogP contribution < -0.4 is 0 Å². The molecule has 1 atom stereocenters. The average molecular weight is 194 g/mol. The molecule has 1 heteroatoms. The molecule has 0 spiro atoms. The summed E-state index contributed by atoms with van der Waals surface area (Å²) in [6.07, 6.45) is 10.5. The molecule has 1 nitrogen and oxygen atoms in total. The molecule has 14 heavy (non-hydrogen) atoms. The molecule has 0 saturated carbocycles. The zero-order valence-electron chi connectivity index (χ0n) is 9.42. The van der Waals surface area contributed by atoms with E-state index in [2.05, 4.69) is 26.0 Å². The first-order valence-electron chi connectivity index (χ1n) is 5.64. The van der Waals surface area contributed by atoms with Crippen molar-refractivity contribution < 1.29 is 5.11 Å². The Balaban J connectivity index is 2.31. The summed E-state index contributed by atoms with van der Waals surface area (Å²) in [7, 11) is 0. The molecule has 1 rings (SSSR count). The van der Waals surface area contributed by atoms with Crippen LogP contribution in [0.15, 0.2) is 23.3 Å². The summed E-state index contributed by atoms with van der Waals surface area (Å²) in [5, 5.41) is 9.08. The molecule has 80 valence electrons. The summed E-state index contributed by atoms with van der Waals surface area (Å²) in [5.41, 5.74) is 2.95. The van der Waals surface area contributed by atoms with Gasteiger partial charge in [0.1, 0.15) is 0 Å². The lowest BCUT2D eigenvalue weighted by molar-refractivity contribution is 0.214. The van der Waals surface area contributed by atoms with Crippen molar-refractivity contribution in [3.63, 3.8) is 0 Å². The molecule has 1 aliphatic carbocycles. The fraction of sp³-hybridized carbons (Fsp3) is 0.692. The Morgan fingerprint density at radius 2 is 2.36 bits per heavy atom. The van der Waals surface area contributed by atoms with Crippen LogP contribution in [0.3, 0.4) is 0 Å². The van der Waals surface area contributed by atoms with Gasteiger partial charge in [-0.15, -0.1) is 0 Å². The van der Waals surface area contributed by atoms with Gasteiger partial charge in [0, 0.05) is 6.61 Å². The van der Waals surface area contributed by atoms with E-state index in [1.54, 1.807) is 5.57 Å². The van der Waals surface area contributed by atoms with Crippen LogP contribution in [0.5, 0.6) is 0 Å². The van der Waals surface area contributed by atoms with E-state index >= 15 is 0 Å². The maximum Gasteiger partial charge on any atom is 0.0462 e. The number of aliphatic hydroxyl groups excluding tert-OH is 1. The second-order valence-electron chi connectivity index (χ2n) is 4.51. The molecular formula is C13H22O. The van der Waals surface area contributed by atoms with Crippen LogP contribution in [0.2, 0.25) is 0 Å². The van der Waals surface area contributed by atoms with Crippen molar-refractivity contribution in [1.82, 2.24) is 0 Å². The lowest BCUT2D eigenvalue weighted by Crippen LogP contribution is -2.10. The van der Waals surface area contributed by atoms with E-state index in [0.29, 0.717) is 12.5 Å². The molecule has 0 aromatic rings. The molecule has 0 bridgehead atoms. The first-order valence-corrected chi connectivity index (χ1v) is 5.64. The summed E-state index contributed by atoms with van der Waals surface area (Å²) < 4.78 is 0. The normalized spacial score (nSPS) is 21.6. The highest BCUT2D eigenvalue weighted by Gasteiger charge is 2.13. The van der Waals surface area contributed by atoms with Gasteiger partial charge in [-0.1, -0.05) is 23.3 Å². The highest BCUT2D eigenvalue weighted by atomic mass is 16.3. The van der Waals surface area contributed by atoms with E-state index in [4.69, 9.17) is 5.11 Å². The molecule has 0 fully saturated rings. The van der Waals surface area contributed by atoms with Crippen LogP contribution in [-0.4, -0.2) is 11.7 Å². The van der Waals surface area contributed by atoms with Gasteiger partial charge in [0.05, 0.1) is 0 Å². The minimum atomic E-state index is 0.361. The van der Waals surface area contributed by atoms with Gasteiger partial charge in [0.2, 0.25) is 0 Å². The third-order valence-electron chi connectivity index (χ3n) is 2.84. The van der Waals surface area contributed by atoms with E-state index in [1.165, 1.54) is 18.4 Å². The monoisotopic (exact) mass is 194 g/mol. The molecule has 0 amide bonds. The topological polar surface area (TPSA) is 20.2 Å². The van der Waals surface area contributed by atoms with Gasteiger partial charge in [-0.2, -0.15) is 0 Å². The summed E-state index contributed by atoms with van der Waals surface area (Å²) >= 11 is 0. The van der Waals surface area contributed by atoms with Crippen LogP contribution in [0.4, 0.5) is 0 Å². The maximum absolute atomic E-state index is 9.08. The standard InChI is InChI=1S/C13H22O/c1-11(2)5-3-6-12-7-4-8-13(9-12)10-14/h5,7,13-14H,3-4,6,8-10H2,1-2H3/t13-/m0/s1. The van der Waals surface area contributed by atoms with Gasteiger partial charge in [-0.05, 0) is 51.9 Å². The SMILES string of the molecule is CC(C)=CCCC1=CCC[C@H](CO)C1. The van der Waals surface area contributed by atoms with Gasteiger partial charge in [-0.25, -0.2) is 0 Å². The first-order chi connectivity index (χ1) is 6.72. The molecule has 0 aliphatic heterocycles. The Labute approximate surface area is 87.5 Å². The van der Waals surface area contributed by atoms with Crippen molar-refractivity contribution in [3.8, 4) is 0 Å². The van der Waals surface area contributed by atoms with Gasteiger partial charge in [0.25, 0.3) is 0 Å². The number of rotatable bonds is 4. The second-order valence-corrected chi connectivity index (χ2v) is 4.51. The first kappa shape index (κ1) is 11.5. The highest BCUT2D eigenvalue weighted by Crippen LogP contribution is 2.26. The predicted octanol–water partition coefficient (Wildman–Crippen LogP) is 3.45. The van der Waals surface area contributed by atoms with Crippen molar-refractivity contribution in [2.45, 2.75) is 46.0 Å². The molecule has 0 unspecified atom stereocenters. The Kier molecular flexibility index (Phi) is 4.95. The number of aliphatic hydroxyl groups is 1. The van der Waals surface area contributed by atoms with Gasteiger partial charge in [0.15, 0.2) is 0 Å². The molecule has 0 radical (unpaired) electrons. The Morgan fingerprint density at radius 1 is 1.57 bits per heavy atom. The van der Waals surface area contributed by atoms with Crippen LogP contribution in [0, 0.1) is 5.92 Å². The average Bonchev–Trinajstić information content (AvgIpc) is 2.18. The van der Waals surface area contributed by atoms with E-state index in [0.717, 1.165) is 19.3 Å². The van der Waals surface area contributed by atoms with E-state index < -0.39 is 0 Å². The molecule has 1 aliphatic rings. The Bertz CT molecular complexity index is 221. The van der Waals surface area contributed by atoms with Crippen molar-refractivity contribution in [2.75, 3.05) is 6.61 Å². The third-order valence-corrected chi connectivity index (χ3v) is 2.84. The van der Waals surface area contributed by atoms with Gasteiger partial charge >= 0.3 is 0 Å². The quantitative estimate of drug-likeness (QED) is 0.680. The van der Waals surface area contributed by atoms with Crippen LogP contribution in [0.1, 0.15) is 46.0 Å². The lowest BCUT2D eigenvalue weighted by Gasteiger charge is -2.20. The van der Waals surface area contributed by atoms with Gasteiger partial charge < -0.3 is 5.11 Å². The third kappa shape index (κ3) is 4.10. The van der Waals surface area contributed by atoms with Crippen LogP contribution >= 0.6 is 0 Å². The maximum atomic E-state index is 9.08. The smallest absolute Gasteiger partial charge is 0.0462 e. The largest absolute Gasteiger partial charge is 0.396 e. The number of hydrogen-bond acceptors (Lipinski definition) is 1. The minimum absolute atomic E-state index is 0.361. The van der Waals surface area contributed by atoms with Crippen LogP contribution in [0.25, 0.3) is 0 Å². The zero-order chi connectivity index (χ0) is 10.4.